The summed E-state index contributed by atoms with van der Waals surface area (Å²) >= 11 is 0. The van der Waals surface area contributed by atoms with Crippen molar-refractivity contribution in [3.05, 3.63) is 18.0 Å². The number of alkyl halides is 3. The van der Waals surface area contributed by atoms with Crippen molar-refractivity contribution in [2.24, 2.45) is 5.84 Å². The molecule has 1 aromatic rings. The molecule has 0 aliphatic carbocycles. The molecule has 0 saturated carbocycles. The molecule has 1 aromatic heterocycles. The second-order valence-corrected chi connectivity index (χ2v) is 3.66. The molecule has 8 heteroatoms. The van der Waals surface area contributed by atoms with Gasteiger partial charge in [0.15, 0.2) is 0 Å². The van der Waals surface area contributed by atoms with Gasteiger partial charge >= 0.3 is 6.18 Å². The maximum atomic E-state index is 12.3. The highest BCUT2D eigenvalue weighted by Gasteiger charge is 2.32. The van der Waals surface area contributed by atoms with Gasteiger partial charge in [-0.1, -0.05) is 0 Å². The normalized spacial score (nSPS) is 13.5. The molecule has 0 aromatic carbocycles. The topological polar surface area (TPSA) is 72.9 Å². The van der Waals surface area contributed by atoms with Gasteiger partial charge in [0.25, 0.3) is 0 Å². The number of hydrogen-bond donors (Lipinski definition) is 2. The van der Waals surface area contributed by atoms with E-state index in [-0.39, 0.29) is 18.4 Å². The van der Waals surface area contributed by atoms with E-state index in [1.165, 1.54) is 4.68 Å². The first-order valence-corrected chi connectivity index (χ1v) is 4.95. The average Bonchev–Trinajstić information content (AvgIpc) is 2.74. The minimum absolute atomic E-state index is 0.138. The smallest absolute Gasteiger partial charge is 0.294 e. The SMILES string of the molecule is CC(CCC(=O)NN)n1cc(C(F)(F)F)cn1. The third-order valence-electron chi connectivity index (χ3n) is 2.33. The number of amides is 1. The molecule has 1 amide bonds. The van der Waals surface area contributed by atoms with Crippen molar-refractivity contribution in [3.8, 4) is 0 Å². The molecule has 0 saturated heterocycles. The highest BCUT2D eigenvalue weighted by Crippen LogP contribution is 2.29. The summed E-state index contributed by atoms with van der Waals surface area (Å²) in [5.74, 6) is 4.53. The predicted octanol–water partition coefficient (Wildman–Crippen LogP) is 1.23. The summed E-state index contributed by atoms with van der Waals surface area (Å²) in [7, 11) is 0. The highest BCUT2D eigenvalue weighted by atomic mass is 19.4. The zero-order chi connectivity index (χ0) is 13.1. The van der Waals surface area contributed by atoms with E-state index in [2.05, 4.69) is 5.10 Å². The van der Waals surface area contributed by atoms with Crippen LogP contribution >= 0.6 is 0 Å². The van der Waals surface area contributed by atoms with Crippen molar-refractivity contribution < 1.29 is 18.0 Å². The molecule has 1 unspecified atom stereocenters. The van der Waals surface area contributed by atoms with Crippen molar-refractivity contribution in [1.82, 2.24) is 15.2 Å². The number of nitrogens with two attached hydrogens (primary N) is 1. The second kappa shape index (κ2) is 5.17. The Morgan fingerprint density at radius 3 is 2.76 bits per heavy atom. The zero-order valence-electron chi connectivity index (χ0n) is 9.16. The van der Waals surface area contributed by atoms with Gasteiger partial charge < -0.3 is 0 Å². The first-order chi connectivity index (χ1) is 7.84. The van der Waals surface area contributed by atoms with E-state index >= 15 is 0 Å². The molecule has 17 heavy (non-hydrogen) atoms. The van der Waals surface area contributed by atoms with Crippen LogP contribution in [0.1, 0.15) is 31.4 Å². The van der Waals surface area contributed by atoms with Crippen molar-refractivity contribution >= 4 is 5.91 Å². The van der Waals surface area contributed by atoms with Gasteiger partial charge in [0, 0.05) is 18.7 Å². The Kier molecular flexibility index (Phi) is 4.11. The van der Waals surface area contributed by atoms with E-state index in [4.69, 9.17) is 5.84 Å². The fraction of sp³-hybridized carbons (Fsp3) is 0.556. The molecule has 96 valence electrons. The molecule has 0 bridgehead atoms. The number of hydrazine groups is 1. The van der Waals surface area contributed by atoms with Gasteiger partial charge in [0.1, 0.15) is 0 Å². The zero-order valence-corrected chi connectivity index (χ0v) is 9.16. The fourth-order valence-electron chi connectivity index (χ4n) is 1.27. The third-order valence-corrected chi connectivity index (χ3v) is 2.33. The number of nitrogens with zero attached hydrogens (tertiary/aromatic N) is 2. The van der Waals surface area contributed by atoms with Crippen LogP contribution in [-0.4, -0.2) is 15.7 Å². The van der Waals surface area contributed by atoms with Crippen molar-refractivity contribution in [1.29, 1.82) is 0 Å². The van der Waals surface area contributed by atoms with Crippen molar-refractivity contribution in [2.45, 2.75) is 32.0 Å². The lowest BCUT2D eigenvalue weighted by atomic mass is 10.2. The van der Waals surface area contributed by atoms with Crippen LogP contribution in [0.3, 0.4) is 0 Å². The number of hydrogen-bond acceptors (Lipinski definition) is 3. The molecule has 0 aliphatic heterocycles. The number of nitrogens with one attached hydrogen (secondary N) is 1. The fourth-order valence-corrected chi connectivity index (χ4v) is 1.27. The lowest BCUT2D eigenvalue weighted by Gasteiger charge is -2.11. The average molecular weight is 250 g/mol. The van der Waals surface area contributed by atoms with E-state index in [1.807, 2.05) is 5.43 Å². The summed E-state index contributed by atoms with van der Waals surface area (Å²) in [4.78, 5) is 10.9. The molecule has 5 nitrogen and oxygen atoms in total. The van der Waals surface area contributed by atoms with Crippen LogP contribution in [0.5, 0.6) is 0 Å². The molecular formula is C9H13F3N4O. The Morgan fingerprint density at radius 1 is 1.65 bits per heavy atom. The summed E-state index contributed by atoms with van der Waals surface area (Å²) < 4.78 is 38.1. The van der Waals surface area contributed by atoms with E-state index in [9.17, 15) is 18.0 Å². The molecular weight excluding hydrogens is 237 g/mol. The maximum Gasteiger partial charge on any atom is 0.419 e. The van der Waals surface area contributed by atoms with Crippen molar-refractivity contribution in [3.63, 3.8) is 0 Å². The van der Waals surface area contributed by atoms with Crippen LogP contribution in [0.2, 0.25) is 0 Å². The molecule has 0 aliphatic rings. The van der Waals surface area contributed by atoms with Crippen LogP contribution in [0.15, 0.2) is 12.4 Å². The second-order valence-electron chi connectivity index (χ2n) is 3.66. The summed E-state index contributed by atoms with van der Waals surface area (Å²) in [5.41, 5.74) is 1.15. The molecule has 1 atom stereocenters. The van der Waals surface area contributed by atoms with Crippen LogP contribution in [0.25, 0.3) is 0 Å². The van der Waals surface area contributed by atoms with Gasteiger partial charge in [-0.15, -0.1) is 0 Å². The van der Waals surface area contributed by atoms with Crippen LogP contribution in [0, 0.1) is 0 Å². The Balaban J connectivity index is 2.61. The highest BCUT2D eigenvalue weighted by molar-refractivity contribution is 5.75. The third kappa shape index (κ3) is 3.74. The summed E-state index contributed by atoms with van der Waals surface area (Å²) in [6, 6.07) is -0.302. The van der Waals surface area contributed by atoms with Gasteiger partial charge in [-0.3, -0.25) is 14.9 Å². The Bertz CT molecular complexity index is 388. The van der Waals surface area contributed by atoms with Crippen LogP contribution in [-0.2, 0) is 11.0 Å². The number of carbonyl (C=O) groups excluding carboxylic acids is 1. The summed E-state index contributed by atoms with van der Waals surface area (Å²) in [6.45, 7) is 1.68. The van der Waals surface area contributed by atoms with Gasteiger partial charge in [-0.25, -0.2) is 5.84 Å². The minimum atomic E-state index is -4.40. The lowest BCUT2D eigenvalue weighted by molar-refractivity contribution is -0.137. The number of carbonyl (C=O) groups is 1. The maximum absolute atomic E-state index is 12.3. The van der Waals surface area contributed by atoms with Gasteiger partial charge in [-0.05, 0) is 13.3 Å². The minimum Gasteiger partial charge on any atom is -0.294 e. The van der Waals surface area contributed by atoms with Gasteiger partial charge in [-0.2, -0.15) is 18.3 Å². The standard InChI is InChI=1S/C9H13F3N4O/c1-6(2-3-8(17)15-13)16-5-7(4-14-16)9(10,11)12/h4-6H,2-3,13H2,1H3,(H,15,17). The van der Waals surface area contributed by atoms with E-state index in [0.717, 1.165) is 12.4 Å². The number of rotatable bonds is 4. The van der Waals surface area contributed by atoms with Crippen LogP contribution < -0.4 is 11.3 Å². The first-order valence-electron chi connectivity index (χ1n) is 4.95. The van der Waals surface area contributed by atoms with Crippen LogP contribution in [0.4, 0.5) is 13.2 Å². The van der Waals surface area contributed by atoms with Crippen molar-refractivity contribution in [2.75, 3.05) is 0 Å². The molecule has 1 rings (SSSR count). The molecule has 0 fully saturated rings. The quantitative estimate of drug-likeness (QED) is 0.479. The molecule has 3 N–H and O–H groups in total. The summed E-state index contributed by atoms with van der Waals surface area (Å²) in [6.07, 6.45) is -2.21. The van der Waals surface area contributed by atoms with E-state index < -0.39 is 11.7 Å². The van der Waals surface area contributed by atoms with E-state index in [0.29, 0.717) is 6.42 Å². The largest absolute Gasteiger partial charge is 0.419 e. The Hall–Kier alpha value is -1.57. The monoisotopic (exact) mass is 250 g/mol. The molecule has 0 radical (unpaired) electrons. The first kappa shape index (κ1) is 13.5. The predicted molar refractivity (Wildman–Crippen MR) is 53.5 cm³/mol. The number of halogens is 3. The molecule has 1 heterocycles. The Morgan fingerprint density at radius 2 is 2.29 bits per heavy atom. The lowest BCUT2D eigenvalue weighted by Crippen LogP contribution is -2.30. The van der Waals surface area contributed by atoms with E-state index in [1.54, 1.807) is 6.92 Å². The van der Waals surface area contributed by atoms with Gasteiger partial charge in [0.2, 0.25) is 5.91 Å². The van der Waals surface area contributed by atoms with Gasteiger partial charge in [0.05, 0.1) is 11.8 Å². The molecule has 0 spiro atoms. The summed E-state index contributed by atoms with van der Waals surface area (Å²) in [5, 5.41) is 3.62. The Labute approximate surface area is 95.7 Å². The number of aromatic nitrogens is 2.